The van der Waals surface area contributed by atoms with E-state index in [0.717, 1.165) is 90.0 Å². The first-order chi connectivity index (χ1) is 39.8. The van der Waals surface area contributed by atoms with Crippen LogP contribution >= 0.6 is 0 Å². The zero-order valence-electron chi connectivity index (χ0n) is 49.7. The van der Waals surface area contributed by atoms with Crippen LogP contribution in [0.2, 0.25) is 0 Å². The lowest BCUT2D eigenvalue weighted by atomic mass is 9.85. The molecule has 0 aliphatic carbocycles. The third-order valence-electron chi connectivity index (χ3n) is 13.3. The Morgan fingerprint density at radius 3 is 0.624 bits per heavy atom. The summed E-state index contributed by atoms with van der Waals surface area (Å²) in [5.41, 5.74) is 0. The maximum atomic E-state index is 13.0. The smallest absolute Gasteiger partial charge is 0.303 e. The predicted molar refractivity (Wildman–Crippen MR) is 273 cm³/mol. The Labute approximate surface area is 488 Å². The molecule has 0 spiro atoms. The van der Waals surface area contributed by atoms with Crippen LogP contribution < -0.4 is 0 Å². The highest BCUT2D eigenvalue weighted by molar-refractivity contribution is 5.71. The summed E-state index contributed by atoms with van der Waals surface area (Å²) in [7, 11) is 1.21. The molecular weight excluding hydrogens is 1140 g/mol. The molecule has 478 valence electrons. The van der Waals surface area contributed by atoms with Crippen LogP contribution in [-0.2, 0) is 148 Å². The first-order valence-electron chi connectivity index (χ1n) is 27.1. The quantitative estimate of drug-likeness (QED) is 0.0950. The topological polar surface area (TPSA) is 388 Å². The van der Waals surface area contributed by atoms with Crippen molar-refractivity contribution in [1.29, 1.82) is 0 Å². The highest BCUT2D eigenvalue weighted by Gasteiger charge is 2.58. The minimum absolute atomic E-state index is 0.231. The third-order valence-corrected chi connectivity index (χ3v) is 13.3. The van der Waals surface area contributed by atoms with E-state index in [9.17, 15) is 62.3 Å². The van der Waals surface area contributed by atoms with E-state index in [1.807, 2.05) is 0 Å². The van der Waals surface area contributed by atoms with Gasteiger partial charge in [0.25, 0.3) is 0 Å². The van der Waals surface area contributed by atoms with Gasteiger partial charge in [-0.1, -0.05) is 0 Å². The standard InChI is InChI=1S/C54H76O31/c1-22(55)69-21-41-48(76-29(8)62)51(79-32(11)65)46(74-27(6)60)39(84-41)18-17-37-44(72-25(4)58)49(77-30(9)63)42(70-23(2)56)35(82-37)15-16-36-43(71-24(3)57)50(78-31(10)64)45(73-26(5)59)38(83-36)19-20-40-47(75-28(7)61)52(80-33(12)66)53(81-34(13)67)54(68-14)85-40/h35-54H,15-21H2,1-14H3/t35-,36+,37+,38-,39-,40+,41+,42-,43-,44-,45-,46-,47-,48-,49+,50-,51+,52-,53+,54-/m0/s1. The molecule has 0 N–H and O–H groups in total. The highest BCUT2D eigenvalue weighted by Crippen LogP contribution is 2.40. The molecule has 4 fully saturated rings. The molecule has 0 radical (unpaired) electrons. The van der Waals surface area contributed by atoms with Gasteiger partial charge in [-0.05, 0) is 38.5 Å². The minimum Gasteiger partial charge on any atom is -0.463 e. The zero-order chi connectivity index (χ0) is 63.7. The molecule has 0 bridgehead atoms. The fourth-order valence-electron chi connectivity index (χ4n) is 10.7. The van der Waals surface area contributed by atoms with Crippen LogP contribution in [0.25, 0.3) is 0 Å². The fourth-order valence-corrected chi connectivity index (χ4v) is 10.7. The Kier molecular flexibility index (Phi) is 26.9. The van der Waals surface area contributed by atoms with E-state index >= 15 is 0 Å². The Morgan fingerprint density at radius 2 is 0.412 bits per heavy atom. The molecular formula is C54H76O31. The predicted octanol–water partition coefficient (Wildman–Crippen LogP) is 0.744. The molecule has 4 saturated heterocycles. The summed E-state index contributed by atoms with van der Waals surface area (Å²) in [6.07, 6.45) is -31.2. The second kappa shape index (κ2) is 32.4. The molecule has 4 aliphatic rings. The summed E-state index contributed by atoms with van der Waals surface area (Å²) >= 11 is 0. The average molecular weight is 1220 g/mol. The van der Waals surface area contributed by atoms with E-state index in [0.29, 0.717) is 0 Å². The molecule has 0 amide bonds. The number of methoxy groups -OCH3 is 1. The van der Waals surface area contributed by atoms with Crippen LogP contribution in [0.3, 0.4) is 0 Å². The van der Waals surface area contributed by atoms with Gasteiger partial charge in [0.05, 0.1) is 30.5 Å². The molecule has 0 aromatic carbocycles. The SMILES string of the molecule is CO[C@H]1O[C@H](CC[C@@H]2O[C@H](CC[C@@H]3O[C@H](CC[C@@H]4O[C@H](COC(C)=O)[C@H](OC(C)=O)[C@H](OC(C)=O)[C@H]4OC(C)=O)[C@H](OC(C)=O)[C@H](OC(C)=O)[C@H]3OC(C)=O)[C@H](OC(C)=O)[C@H](OC(C)=O)[C@H]2OC(C)=O)[C@H](OC(C)=O)[C@H](OC(C)=O)[C@H]1OC(C)=O. The monoisotopic (exact) mass is 1220 g/mol. The summed E-state index contributed by atoms with van der Waals surface area (Å²) in [4.78, 5) is 165. The third kappa shape index (κ3) is 21.1. The summed E-state index contributed by atoms with van der Waals surface area (Å²) in [5, 5.41) is 0. The van der Waals surface area contributed by atoms with Gasteiger partial charge in [-0.25, -0.2) is 0 Å². The van der Waals surface area contributed by atoms with Crippen LogP contribution in [0, 0.1) is 0 Å². The van der Waals surface area contributed by atoms with Crippen molar-refractivity contribution in [2.24, 2.45) is 0 Å². The van der Waals surface area contributed by atoms with Crippen molar-refractivity contribution in [3.05, 3.63) is 0 Å². The van der Waals surface area contributed by atoms with Crippen molar-refractivity contribution in [3.8, 4) is 0 Å². The van der Waals surface area contributed by atoms with Crippen molar-refractivity contribution >= 4 is 77.6 Å². The van der Waals surface area contributed by atoms with E-state index in [1.165, 1.54) is 7.11 Å². The number of esters is 13. The van der Waals surface area contributed by atoms with Gasteiger partial charge in [0.2, 0.25) is 0 Å². The molecule has 0 aromatic rings. The number of hydrogen-bond donors (Lipinski definition) is 0. The van der Waals surface area contributed by atoms with Crippen LogP contribution in [0.1, 0.15) is 129 Å². The lowest BCUT2D eigenvalue weighted by Gasteiger charge is -2.48. The molecule has 4 heterocycles. The Bertz CT molecular complexity index is 2420. The summed E-state index contributed by atoms with van der Waals surface area (Å²) in [5.74, 6) is -11.6. The van der Waals surface area contributed by atoms with Crippen molar-refractivity contribution in [2.75, 3.05) is 13.7 Å². The number of ether oxygens (including phenoxy) is 18. The highest BCUT2D eigenvalue weighted by atomic mass is 16.7. The second-order valence-electron chi connectivity index (χ2n) is 20.3. The Hall–Kier alpha value is -7.09. The van der Waals surface area contributed by atoms with E-state index in [2.05, 4.69) is 0 Å². The first kappa shape index (κ1) is 70.4. The van der Waals surface area contributed by atoms with Crippen molar-refractivity contribution in [2.45, 2.75) is 251 Å². The van der Waals surface area contributed by atoms with Gasteiger partial charge < -0.3 is 85.3 Å². The maximum Gasteiger partial charge on any atom is 0.303 e. The van der Waals surface area contributed by atoms with Crippen LogP contribution in [0.5, 0.6) is 0 Å². The van der Waals surface area contributed by atoms with Gasteiger partial charge in [0.15, 0.2) is 79.5 Å². The molecule has 0 saturated carbocycles. The molecule has 4 aliphatic heterocycles. The molecule has 20 atom stereocenters. The molecule has 85 heavy (non-hydrogen) atoms. The lowest BCUT2D eigenvalue weighted by molar-refractivity contribution is -0.301. The van der Waals surface area contributed by atoms with Crippen LogP contribution in [-0.4, -0.2) is 214 Å². The normalized spacial score (nSPS) is 32.4. The molecule has 4 rings (SSSR count). The average Bonchev–Trinajstić information content (AvgIpc) is 1.48. The van der Waals surface area contributed by atoms with Gasteiger partial charge in [-0.2, -0.15) is 0 Å². The van der Waals surface area contributed by atoms with Crippen molar-refractivity contribution < 1.29 is 148 Å². The molecule has 0 aromatic heterocycles. The van der Waals surface area contributed by atoms with E-state index in [1.54, 1.807) is 0 Å². The van der Waals surface area contributed by atoms with Crippen molar-refractivity contribution in [1.82, 2.24) is 0 Å². The first-order valence-corrected chi connectivity index (χ1v) is 27.1. The maximum absolute atomic E-state index is 13.0. The van der Waals surface area contributed by atoms with E-state index in [4.69, 9.17) is 85.3 Å². The van der Waals surface area contributed by atoms with Crippen LogP contribution in [0.4, 0.5) is 0 Å². The van der Waals surface area contributed by atoms with E-state index < -0.39 is 206 Å². The molecule has 31 heteroatoms. The number of carbonyl (C=O) groups excluding carboxylic acids is 13. The Morgan fingerprint density at radius 1 is 0.235 bits per heavy atom. The number of carbonyl (C=O) groups is 13. The van der Waals surface area contributed by atoms with Gasteiger partial charge in [-0.15, -0.1) is 0 Å². The number of rotatable bonds is 24. The molecule has 0 unspecified atom stereocenters. The van der Waals surface area contributed by atoms with Gasteiger partial charge in [-0.3, -0.25) is 62.3 Å². The van der Waals surface area contributed by atoms with Gasteiger partial charge in [0, 0.05) is 97.1 Å². The summed E-state index contributed by atoms with van der Waals surface area (Å²) < 4.78 is 104. The minimum atomic E-state index is -1.65. The van der Waals surface area contributed by atoms with Gasteiger partial charge >= 0.3 is 77.6 Å². The second-order valence-corrected chi connectivity index (χ2v) is 20.3. The van der Waals surface area contributed by atoms with Crippen molar-refractivity contribution in [3.63, 3.8) is 0 Å². The molecule has 31 nitrogen and oxygen atoms in total. The summed E-state index contributed by atoms with van der Waals surface area (Å²) in [6.45, 7) is 13.1. The lowest BCUT2D eigenvalue weighted by Crippen LogP contribution is -2.64. The largest absolute Gasteiger partial charge is 0.463 e. The summed E-state index contributed by atoms with van der Waals surface area (Å²) in [6, 6.07) is 0. The number of hydrogen-bond acceptors (Lipinski definition) is 31. The van der Waals surface area contributed by atoms with Crippen LogP contribution in [0.15, 0.2) is 0 Å². The zero-order valence-corrected chi connectivity index (χ0v) is 49.7. The van der Waals surface area contributed by atoms with E-state index in [-0.39, 0.29) is 38.5 Å². The van der Waals surface area contributed by atoms with Gasteiger partial charge in [0.1, 0.15) is 18.8 Å². The fraction of sp³-hybridized carbons (Fsp3) is 0.759. The Balaban J connectivity index is 1.84.